The van der Waals surface area contributed by atoms with E-state index in [2.05, 4.69) is 16.1 Å². The molecule has 2 aromatic rings. The van der Waals surface area contributed by atoms with Crippen molar-refractivity contribution >= 4 is 5.97 Å². The van der Waals surface area contributed by atoms with Gasteiger partial charge in [-0.3, -0.25) is 9.48 Å². The number of likely N-dealkylation sites (tertiary alicyclic amines) is 1. The number of hydrogen-bond acceptors (Lipinski definition) is 4. The molecule has 1 saturated heterocycles. The summed E-state index contributed by atoms with van der Waals surface area (Å²) >= 11 is 0. The Morgan fingerprint density at radius 1 is 1.44 bits per heavy atom. The zero-order chi connectivity index (χ0) is 17.4. The van der Waals surface area contributed by atoms with Crippen LogP contribution >= 0.6 is 0 Å². The summed E-state index contributed by atoms with van der Waals surface area (Å²) in [5.41, 5.74) is 2.31. The lowest BCUT2D eigenvalue weighted by atomic mass is 9.83. The molecule has 2 aliphatic heterocycles. The van der Waals surface area contributed by atoms with Crippen molar-refractivity contribution in [3.8, 4) is 5.75 Å². The smallest absolute Gasteiger partial charge is 0.308 e. The number of likely N-dealkylation sites (N-methyl/N-ethyl adjacent to an activating group) is 1. The molecule has 1 aromatic carbocycles. The highest BCUT2D eigenvalue weighted by atomic mass is 16.5. The summed E-state index contributed by atoms with van der Waals surface area (Å²) in [7, 11) is 2.03. The summed E-state index contributed by atoms with van der Waals surface area (Å²) < 4.78 is 7.44. The molecule has 0 aliphatic carbocycles. The van der Waals surface area contributed by atoms with Crippen LogP contribution in [-0.4, -0.2) is 52.0 Å². The molecular weight excluding hydrogens is 318 g/mol. The maximum absolute atomic E-state index is 12.1. The molecular formula is C19H23N3O3. The summed E-state index contributed by atoms with van der Waals surface area (Å²) in [4.78, 5) is 14.3. The lowest BCUT2D eigenvalue weighted by Gasteiger charge is -2.23. The van der Waals surface area contributed by atoms with Crippen molar-refractivity contribution in [1.82, 2.24) is 14.7 Å². The first-order valence-electron chi connectivity index (χ1n) is 8.79. The topological polar surface area (TPSA) is 67.6 Å². The Balaban J connectivity index is 1.56. The maximum Gasteiger partial charge on any atom is 0.308 e. The van der Waals surface area contributed by atoms with Gasteiger partial charge >= 0.3 is 5.97 Å². The van der Waals surface area contributed by atoms with Gasteiger partial charge in [0.1, 0.15) is 5.75 Å². The van der Waals surface area contributed by atoms with Gasteiger partial charge in [-0.1, -0.05) is 12.1 Å². The molecule has 0 bridgehead atoms. The number of aliphatic carboxylic acids is 1. The fourth-order valence-electron chi connectivity index (χ4n) is 4.29. The molecule has 6 heteroatoms. The first kappa shape index (κ1) is 16.1. The lowest BCUT2D eigenvalue weighted by molar-refractivity contribution is -0.143. The second kappa shape index (κ2) is 6.52. The van der Waals surface area contributed by atoms with E-state index in [1.54, 1.807) is 6.20 Å². The van der Waals surface area contributed by atoms with E-state index in [9.17, 15) is 9.90 Å². The average molecular weight is 341 g/mol. The van der Waals surface area contributed by atoms with Crippen LogP contribution in [0.1, 0.15) is 23.5 Å². The first-order valence-corrected chi connectivity index (χ1v) is 8.79. The molecule has 25 heavy (non-hydrogen) atoms. The summed E-state index contributed by atoms with van der Waals surface area (Å²) in [6.45, 7) is 2.22. The number of carbonyl (C=O) groups is 1. The third kappa shape index (κ3) is 3.02. The summed E-state index contributed by atoms with van der Waals surface area (Å²) in [5, 5.41) is 14.1. The third-order valence-electron chi connectivity index (χ3n) is 5.54. The minimum absolute atomic E-state index is 0.0102. The fourth-order valence-corrected chi connectivity index (χ4v) is 4.29. The van der Waals surface area contributed by atoms with Crippen molar-refractivity contribution in [2.75, 3.05) is 20.2 Å². The molecule has 0 amide bonds. The number of rotatable bonds is 5. The Labute approximate surface area is 147 Å². The molecule has 1 N–H and O–H groups in total. The van der Waals surface area contributed by atoms with Crippen molar-refractivity contribution in [1.29, 1.82) is 0 Å². The number of aromatic nitrogens is 2. The van der Waals surface area contributed by atoms with Gasteiger partial charge < -0.3 is 14.7 Å². The zero-order valence-corrected chi connectivity index (χ0v) is 14.3. The second-order valence-corrected chi connectivity index (χ2v) is 7.00. The van der Waals surface area contributed by atoms with Gasteiger partial charge in [-0.25, -0.2) is 0 Å². The van der Waals surface area contributed by atoms with Crippen molar-refractivity contribution in [3.63, 3.8) is 0 Å². The normalized spacial score (nSPS) is 25.7. The minimum atomic E-state index is -0.712. The average Bonchev–Trinajstić information content (AvgIpc) is 3.32. The number of hydrogen-bond donors (Lipinski definition) is 1. The van der Waals surface area contributed by atoms with Crippen LogP contribution in [-0.2, 0) is 17.8 Å². The van der Waals surface area contributed by atoms with Crippen LogP contribution in [0.25, 0.3) is 0 Å². The fraction of sp³-hybridized carbons (Fsp3) is 0.474. The zero-order valence-electron chi connectivity index (χ0n) is 14.3. The monoisotopic (exact) mass is 341 g/mol. The standard InChI is InChI=1S/C19H23N3O3/c1-21-12-15(13-3-4-17-14(11-13)6-10-25-17)18(19(23)24)16(21)5-9-22-8-2-7-20-22/h2-4,7-8,11,15-16,18H,5-6,9-10,12H2,1H3,(H,23,24). The molecule has 3 unspecified atom stereocenters. The van der Waals surface area contributed by atoms with Crippen molar-refractivity contribution in [2.45, 2.75) is 31.3 Å². The van der Waals surface area contributed by atoms with Crippen LogP contribution in [0, 0.1) is 5.92 Å². The quantitative estimate of drug-likeness (QED) is 0.901. The number of carboxylic acid groups (broad SMARTS) is 1. The third-order valence-corrected chi connectivity index (χ3v) is 5.54. The number of benzene rings is 1. The van der Waals surface area contributed by atoms with Gasteiger partial charge in [-0.2, -0.15) is 5.10 Å². The highest BCUT2D eigenvalue weighted by Crippen LogP contribution is 2.40. The SMILES string of the molecule is CN1CC(c2ccc3c(c2)CCO3)C(C(=O)O)C1CCn1cccn1. The predicted molar refractivity (Wildman–Crippen MR) is 92.8 cm³/mol. The highest BCUT2D eigenvalue weighted by Gasteiger charge is 2.45. The van der Waals surface area contributed by atoms with E-state index in [1.807, 2.05) is 36.1 Å². The molecule has 0 radical (unpaired) electrons. The van der Waals surface area contributed by atoms with Crippen LogP contribution in [0.15, 0.2) is 36.7 Å². The number of carboxylic acids is 1. The minimum Gasteiger partial charge on any atom is -0.493 e. The molecule has 0 saturated carbocycles. The van der Waals surface area contributed by atoms with E-state index in [0.717, 1.165) is 43.9 Å². The molecule has 1 aromatic heterocycles. The molecule has 0 spiro atoms. The Morgan fingerprint density at radius 2 is 2.32 bits per heavy atom. The molecule has 2 aliphatic rings. The van der Waals surface area contributed by atoms with Gasteiger partial charge in [-0.15, -0.1) is 0 Å². The van der Waals surface area contributed by atoms with Gasteiger partial charge in [0.05, 0.1) is 12.5 Å². The van der Waals surface area contributed by atoms with Gasteiger partial charge in [0, 0.05) is 43.9 Å². The Kier molecular flexibility index (Phi) is 4.21. The summed E-state index contributed by atoms with van der Waals surface area (Å²) in [5.74, 6) is -0.161. The largest absolute Gasteiger partial charge is 0.493 e. The Hall–Kier alpha value is -2.34. The summed E-state index contributed by atoms with van der Waals surface area (Å²) in [6, 6.07) is 8.08. The van der Waals surface area contributed by atoms with E-state index in [4.69, 9.17) is 4.74 Å². The molecule has 3 heterocycles. The molecule has 1 fully saturated rings. The maximum atomic E-state index is 12.1. The summed E-state index contributed by atoms with van der Waals surface area (Å²) in [6.07, 6.45) is 5.36. The van der Waals surface area contributed by atoms with Gasteiger partial charge in [0.2, 0.25) is 0 Å². The highest BCUT2D eigenvalue weighted by molar-refractivity contribution is 5.73. The predicted octanol–water partition coefficient (Wildman–Crippen LogP) is 2.01. The van der Waals surface area contributed by atoms with Crippen molar-refractivity contribution in [3.05, 3.63) is 47.8 Å². The van der Waals surface area contributed by atoms with E-state index < -0.39 is 11.9 Å². The Morgan fingerprint density at radius 3 is 3.08 bits per heavy atom. The lowest BCUT2D eigenvalue weighted by Crippen LogP contribution is -2.34. The van der Waals surface area contributed by atoms with E-state index >= 15 is 0 Å². The van der Waals surface area contributed by atoms with Crippen LogP contribution < -0.4 is 4.74 Å². The van der Waals surface area contributed by atoms with E-state index in [-0.39, 0.29) is 12.0 Å². The Bertz CT molecular complexity index is 759. The van der Waals surface area contributed by atoms with Gasteiger partial charge in [-0.05, 0) is 36.7 Å². The number of ether oxygens (including phenoxy) is 1. The number of nitrogens with zero attached hydrogens (tertiary/aromatic N) is 3. The molecule has 6 nitrogen and oxygen atoms in total. The second-order valence-electron chi connectivity index (χ2n) is 7.00. The van der Waals surface area contributed by atoms with Gasteiger partial charge in [0.25, 0.3) is 0 Å². The van der Waals surface area contributed by atoms with Crippen LogP contribution in [0.3, 0.4) is 0 Å². The van der Waals surface area contributed by atoms with Crippen LogP contribution in [0.4, 0.5) is 0 Å². The van der Waals surface area contributed by atoms with Crippen molar-refractivity contribution < 1.29 is 14.6 Å². The van der Waals surface area contributed by atoms with Crippen LogP contribution in [0.5, 0.6) is 5.75 Å². The van der Waals surface area contributed by atoms with E-state index in [0.29, 0.717) is 0 Å². The van der Waals surface area contributed by atoms with Crippen molar-refractivity contribution in [2.24, 2.45) is 5.92 Å². The molecule has 3 atom stereocenters. The first-order chi connectivity index (χ1) is 12.1. The number of fused-ring (bicyclic) bond motifs is 1. The molecule has 4 rings (SSSR count). The molecule has 132 valence electrons. The van der Waals surface area contributed by atoms with Crippen LogP contribution in [0.2, 0.25) is 0 Å². The van der Waals surface area contributed by atoms with E-state index in [1.165, 1.54) is 5.56 Å². The van der Waals surface area contributed by atoms with Gasteiger partial charge in [0.15, 0.2) is 0 Å². The number of aryl methyl sites for hydroxylation is 1.